The number of hydrogen-bond acceptors (Lipinski definition) is 3. The zero-order chi connectivity index (χ0) is 10.7. The number of anilines is 1. The quantitative estimate of drug-likeness (QED) is 0.812. The minimum Gasteiger partial charge on any atom is -0.382 e. The van der Waals surface area contributed by atoms with Gasteiger partial charge in [0.1, 0.15) is 5.82 Å². The van der Waals surface area contributed by atoms with E-state index in [1.165, 1.54) is 25.8 Å². The molecular formula is C11H20N4. The predicted octanol–water partition coefficient (Wildman–Crippen LogP) is 1.34. The largest absolute Gasteiger partial charge is 0.382 e. The van der Waals surface area contributed by atoms with Crippen LogP contribution in [-0.4, -0.2) is 33.8 Å². The number of nitrogens with two attached hydrogens (primary N) is 1. The molecule has 2 N–H and O–H groups in total. The van der Waals surface area contributed by atoms with Crippen molar-refractivity contribution < 1.29 is 0 Å². The van der Waals surface area contributed by atoms with Crippen LogP contribution in [0.25, 0.3) is 0 Å². The van der Waals surface area contributed by atoms with Gasteiger partial charge in [-0.2, -0.15) is 5.10 Å². The van der Waals surface area contributed by atoms with Crippen LogP contribution in [0.4, 0.5) is 5.82 Å². The van der Waals surface area contributed by atoms with Crippen LogP contribution < -0.4 is 5.73 Å². The van der Waals surface area contributed by atoms with E-state index >= 15 is 0 Å². The van der Waals surface area contributed by atoms with Crippen LogP contribution in [0, 0.1) is 0 Å². The zero-order valence-electron chi connectivity index (χ0n) is 9.39. The van der Waals surface area contributed by atoms with Gasteiger partial charge >= 0.3 is 0 Å². The normalized spacial score (nSPS) is 22.3. The molecule has 1 saturated heterocycles. The second-order valence-corrected chi connectivity index (χ2v) is 4.24. The fourth-order valence-electron chi connectivity index (χ4n) is 2.38. The van der Waals surface area contributed by atoms with Gasteiger partial charge in [0.05, 0.1) is 6.54 Å². The van der Waals surface area contributed by atoms with Gasteiger partial charge < -0.3 is 5.73 Å². The lowest BCUT2D eigenvalue weighted by atomic mass is 10.2. The SMILES string of the molecule is CCC1CCCN1CCn1ccc(N)n1. The standard InChI is InChI=1S/C11H20N4/c1-2-10-4-3-6-14(10)8-9-15-7-5-11(12)13-15/h5,7,10H,2-4,6,8-9H2,1H3,(H2,12,13). The first kappa shape index (κ1) is 10.5. The Morgan fingerprint density at radius 2 is 2.40 bits per heavy atom. The first-order valence-electron chi connectivity index (χ1n) is 5.82. The van der Waals surface area contributed by atoms with Crippen molar-refractivity contribution >= 4 is 5.82 Å². The first-order valence-corrected chi connectivity index (χ1v) is 5.82. The lowest BCUT2D eigenvalue weighted by Crippen LogP contribution is -2.32. The molecule has 1 aromatic rings. The van der Waals surface area contributed by atoms with E-state index in [4.69, 9.17) is 5.73 Å². The Labute approximate surface area is 91.1 Å². The molecule has 0 spiro atoms. The van der Waals surface area contributed by atoms with Gasteiger partial charge in [-0.25, -0.2) is 0 Å². The van der Waals surface area contributed by atoms with Gasteiger partial charge in [0.2, 0.25) is 0 Å². The third-order valence-corrected chi connectivity index (χ3v) is 3.25. The van der Waals surface area contributed by atoms with E-state index in [1.54, 1.807) is 0 Å². The van der Waals surface area contributed by atoms with Crippen molar-refractivity contribution in [1.82, 2.24) is 14.7 Å². The average Bonchev–Trinajstić information content (AvgIpc) is 2.83. The van der Waals surface area contributed by atoms with Crippen molar-refractivity contribution in [2.45, 2.75) is 38.8 Å². The van der Waals surface area contributed by atoms with E-state index in [0.717, 1.165) is 19.1 Å². The highest BCUT2D eigenvalue weighted by Gasteiger charge is 2.21. The predicted molar refractivity (Wildman–Crippen MR) is 61.5 cm³/mol. The molecule has 1 aliphatic rings. The minimum atomic E-state index is 0.614. The third kappa shape index (κ3) is 2.50. The maximum atomic E-state index is 5.57. The molecule has 84 valence electrons. The molecule has 1 aromatic heterocycles. The molecule has 1 aliphatic heterocycles. The highest BCUT2D eigenvalue weighted by Crippen LogP contribution is 2.19. The maximum Gasteiger partial charge on any atom is 0.145 e. The summed E-state index contributed by atoms with van der Waals surface area (Å²) in [5.41, 5.74) is 5.57. The van der Waals surface area contributed by atoms with Gasteiger partial charge in [-0.3, -0.25) is 9.58 Å². The Balaban J connectivity index is 1.82. The Bertz CT molecular complexity index is 307. The van der Waals surface area contributed by atoms with Crippen LogP contribution in [0.3, 0.4) is 0 Å². The monoisotopic (exact) mass is 208 g/mol. The van der Waals surface area contributed by atoms with Crippen LogP contribution >= 0.6 is 0 Å². The molecule has 4 heteroatoms. The fourth-order valence-corrected chi connectivity index (χ4v) is 2.38. The number of nitrogens with zero attached hydrogens (tertiary/aromatic N) is 3. The summed E-state index contributed by atoms with van der Waals surface area (Å²) in [6.07, 6.45) is 5.92. The molecule has 1 unspecified atom stereocenters. The highest BCUT2D eigenvalue weighted by atomic mass is 15.3. The number of rotatable bonds is 4. The molecule has 0 aromatic carbocycles. The first-order chi connectivity index (χ1) is 7.29. The number of hydrogen-bond donors (Lipinski definition) is 1. The topological polar surface area (TPSA) is 47.1 Å². The van der Waals surface area contributed by atoms with E-state index in [9.17, 15) is 0 Å². The van der Waals surface area contributed by atoms with E-state index in [1.807, 2.05) is 16.9 Å². The summed E-state index contributed by atoms with van der Waals surface area (Å²) in [7, 11) is 0. The summed E-state index contributed by atoms with van der Waals surface area (Å²) >= 11 is 0. The van der Waals surface area contributed by atoms with Gasteiger partial charge in [-0.15, -0.1) is 0 Å². The van der Waals surface area contributed by atoms with Crippen molar-refractivity contribution in [1.29, 1.82) is 0 Å². The summed E-state index contributed by atoms with van der Waals surface area (Å²) in [6, 6.07) is 2.64. The molecular weight excluding hydrogens is 188 g/mol. The summed E-state index contributed by atoms with van der Waals surface area (Å²) in [5.74, 6) is 0.614. The average molecular weight is 208 g/mol. The molecule has 1 fully saturated rings. The summed E-state index contributed by atoms with van der Waals surface area (Å²) in [4.78, 5) is 2.57. The van der Waals surface area contributed by atoms with E-state index in [-0.39, 0.29) is 0 Å². The smallest absolute Gasteiger partial charge is 0.145 e. The molecule has 15 heavy (non-hydrogen) atoms. The van der Waals surface area contributed by atoms with Crippen molar-refractivity contribution in [2.24, 2.45) is 0 Å². The molecule has 4 nitrogen and oxygen atoms in total. The van der Waals surface area contributed by atoms with Gasteiger partial charge in [-0.05, 0) is 31.9 Å². The number of likely N-dealkylation sites (tertiary alicyclic amines) is 1. The van der Waals surface area contributed by atoms with Crippen molar-refractivity contribution in [3.63, 3.8) is 0 Å². The molecule has 0 saturated carbocycles. The van der Waals surface area contributed by atoms with E-state index in [2.05, 4.69) is 16.9 Å². The van der Waals surface area contributed by atoms with Crippen molar-refractivity contribution in [2.75, 3.05) is 18.8 Å². The van der Waals surface area contributed by atoms with Crippen molar-refractivity contribution in [3.05, 3.63) is 12.3 Å². The van der Waals surface area contributed by atoms with Gasteiger partial charge in [-0.1, -0.05) is 6.92 Å². The van der Waals surface area contributed by atoms with Crippen LogP contribution in [0.5, 0.6) is 0 Å². The van der Waals surface area contributed by atoms with Gasteiger partial charge in [0.25, 0.3) is 0 Å². The highest BCUT2D eigenvalue weighted by molar-refractivity contribution is 5.23. The summed E-state index contributed by atoms with van der Waals surface area (Å²) in [5, 5.41) is 4.19. The second kappa shape index (κ2) is 4.66. The Morgan fingerprint density at radius 3 is 3.07 bits per heavy atom. The van der Waals surface area contributed by atoms with Gasteiger partial charge in [0.15, 0.2) is 0 Å². The summed E-state index contributed by atoms with van der Waals surface area (Å²) in [6.45, 7) is 5.57. The molecule has 0 amide bonds. The van der Waals surface area contributed by atoms with Crippen LogP contribution in [0.1, 0.15) is 26.2 Å². The van der Waals surface area contributed by atoms with Crippen LogP contribution in [0.2, 0.25) is 0 Å². The van der Waals surface area contributed by atoms with E-state index in [0.29, 0.717) is 5.82 Å². The van der Waals surface area contributed by atoms with Crippen molar-refractivity contribution in [3.8, 4) is 0 Å². The maximum absolute atomic E-state index is 5.57. The second-order valence-electron chi connectivity index (χ2n) is 4.24. The molecule has 2 rings (SSSR count). The molecule has 1 atom stereocenters. The van der Waals surface area contributed by atoms with E-state index < -0.39 is 0 Å². The minimum absolute atomic E-state index is 0.614. The Kier molecular flexibility index (Phi) is 3.26. The molecule has 0 bridgehead atoms. The lowest BCUT2D eigenvalue weighted by molar-refractivity contribution is 0.235. The number of nitrogen functional groups attached to an aromatic ring is 1. The van der Waals surface area contributed by atoms with Crippen LogP contribution in [-0.2, 0) is 6.54 Å². The fraction of sp³-hybridized carbons (Fsp3) is 0.727. The molecule has 0 radical (unpaired) electrons. The molecule has 0 aliphatic carbocycles. The molecule has 2 heterocycles. The number of aromatic nitrogens is 2. The van der Waals surface area contributed by atoms with Crippen LogP contribution in [0.15, 0.2) is 12.3 Å². The van der Waals surface area contributed by atoms with Gasteiger partial charge in [0, 0.05) is 18.8 Å². The summed E-state index contributed by atoms with van der Waals surface area (Å²) < 4.78 is 1.93. The third-order valence-electron chi connectivity index (χ3n) is 3.25. The Hall–Kier alpha value is -1.03. The lowest BCUT2D eigenvalue weighted by Gasteiger charge is -2.22. The zero-order valence-corrected chi connectivity index (χ0v) is 9.39. The Morgan fingerprint density at radius 1 is 1.53 bits per heavy atom.